The predicted octanol–water partition coefficient (Wildman–Crippen LogP) is 4.77. The molecule has 0 bridgehead atoms. The number of aromatic nitrogens is 2. The Hall–Kier alpha value is -1.32. The first-order valence-electron chi connectivity index (χ1n) is 8.43. The maximum Gasteiger partial charge on any atom is 0.218 e. The molecular formula is C17H31N3O. The van der Waals surface area contributed by atoms with Gasteiger partial charge < -0.3 is 10.1 Å². The highest BCUT2D eigenvalue weighted by Gasteiger charge is 2.08. The van der Waals surface area contributed by atoms with Crippen molar-refractivity contribution < 1.29 is 4.74 Å². The van der Waals surface area contributed by atoms with E-state index >= 15 is 0 Å². The minimum absolute atomic E-state index is 0.306. The van der Waals surface area contributed by atoms with Gasteiger partial charge in [0.15, 0.2) is 0 Å². The van der Waals surface area contributed by atoms with Crippen LogP contribution in [-0.4, -0.2) is 23.1 Å². The predicted molar refractivity (Wildman–Crippen MR) is 89.2 cm³/mol. The van der Waals surface area contributed by atoms with Crippen molar-refractivity contribution in [1.29, 1.82) is 0 Å². The number of nitrogens with one attached hydrogen (secondary N) is 1. The van der Waals surface area contributed by atoms with Crippen LogP contribution in [0.15, 0.2) is 6.07 Å². The molecule has 0 aliphatic carbocycles. The normalized spacial score (nSPS) is 10.9. The minimum atomic E-state index is 0.306. The molecule has 1 rings (SSSR count). The largest absolute Gasteiger partial charge is 0.478 e. The molecule has 1 N–H and O–H groups in total. The SMILES string of the molecule is CCCCCCNc1cc(OCCCC)nc(C(C)C)n1. The third kappa shape index (κ3) is 7.30. The van der Waals surface area contributed by atoms with Crippen LogP contribution in [0.5, 0.6) is 5.88 Å². The van der Waals surface area contributed by atoms with Crippen molar-refractivity contribution in [2.45, 2.75) is 72.1 Å². The number of anilines is 1. The Kier molecular flexibility index (Phi) is 8.79. The third-order valence-electron chi connectivity index (χ3n) is 3.32. The van der Waals surface area contributed by atoms with Crippen molar-refractivity contribution in [1.82, 2.24) is 9.97 Å². The molecule has 0 aliphatic rings. The molecule has 0 saturated heterocycles. The monoisotopic (exact) mass is 293 g/mol. The molecule has 4 heteroatoms. The highest BCUT2D eigenvalue weighted by Crippen LogP contribution is 2.19. The van der Waals surface area contributed by atoms with Crippen LogP contribution in [0.25, 0.3) is 0 Å². The number of ether oxygens (including phenoxy) is 1. The standard InChI is InChI=1S/C17H31N3O/c1-5-7-9-10-11-18-15-13-16(21-12-8-6-2)20-17(19-15)14(3)4/h13-14H,5-12H2,1-4H3,(H,18,19,20). The number of unbranched alkanes of at least 4 members (excludes halogenated alkanes) is 4. The van der Waals surface area contributed by atoms with E-state index in [1.54, 1.807) is 0 Å². The second kappa shape index (κ2) is 10.4. The molecular weight excluding hydrogens is 262 g/mol. The summed E-state index contributed by atoms with van der Waals surface area (Å²) in [6.07, 6.45) is 7.20. The summed E-state index contributed by atoms with van der Waals surface area (Å²) in [5.74, 6) is 2.73. The van der Waals surface area contributed by atoms with Gasteiger partial charge in [-0.15, -0.1) is 0 Å². The summed E-state index contributed by atoms with van der Waals surface area (Å²) in [5, 5.41) is 3.40. The van der Waals surface area contributed by atoms with Crippen molar-refractivity contribution in [2.75, 3.05) is 18.5 Å². The zero-order chi connectivity index (χ0) is 15.5. The Morgan fingerprint density at radius 2 is 1.81 bits per heavy atom. The zero-order valence-corrected chi connectivity index (χ0v) is 14.1. The van der Waals surface area contributed by atoms with Gasteiger partial charge in [0.25, 0.3) is 0 Å². The van der Waals surface area contributed by atoms with Gasteiger partial charge in [-0.1, -0.05) is 53.4 Å². The minimum Gasteiger partial charge on any atom is -0.478 e. The van der Waals surface area contributed by atoms with Gasteiger partial charge in [0.1, 0.15) is 11.6 Å². The summed E-state index contributed by atoms with van der Waals surface area (Å²) in [5.41, 5.74) is 0. The molecule has 120 valence electrons. The molecule has 0 amide bonds. The molecule has 0 radical (unpaired) electrons. The van der Waals surface area contributed by atoms with E-state index in [2.05, 4.69) is 43.0 Å². The van der Waals surface area contributed by atoms with E-state index in [1.165, 1.54) is 25.7 Å². The molecule has 0 unspecified atom stereocenters. The number of rotatable bonds is 11. The number of hydrogen-bond donors (Lipinski definition) is 1. The first kappa shape index (κ1) is 17.7. The highest BCUT2D eigenvalue weighted by molar-refractivity contribution is 5.38. The molecule has 1 heterocycles. The third-order valence-corrected chi connectivity index (χ3v) is 3.32. The van der Waals surface area contributed by atoms with Crippen molar-refractivity contribution in [2.24, 2.45) is 0 Å². The van der Waals surface area contributed by atoms with Gasteiger partial charge in [0.05, 0.1) is 6.61 Å². The average Bonchev–Trinajstić information content (AvgIpc) is 2.47. The first-order chi connectivity index (χ1) is 10.2. The molecule has 0 aliphatic heterocycles. The topological polar surface area (TPSA) is 47.0 Å². The van der Waals surface area contributed by atoms with Gasteiger partial charge in [-0.05, 0) is 12.8 Å². The van der Waals surface area contributed by atoms with Crippen molar-refractivity contribution in [3.63, 3.8) is 0 Å². The lowest BCUT2D eigenvalue weighted by molar-refractivity contribution is 0.296. The Labute approximate surface area is 129 Å². The lowest BCUT2D eigenvalue weighted by atomic mass is 10.2. The second-order valence-electron chi connectivity index (χ2n) is 5.79. The van der Waals surface area contributed by atoms with Gasteiger partial charge in [-0.2, -0.15) is 4.98 Å². The van der Waals surface area contributed by atoms with Crippen LogP contribution in [0.4, 0.5) is 5.82 Å². The summed E-state index contributed by atoms with van der Waals surface area (Å²) in [6, 6.07) is 1.92. The fraction of sp³-hybridized carbons (Fsp3) is 0.765. The van der Waals surface area contributed by atoms with E-state index < -0.39 is 0 Å². The Balaban J connectivity index is 2.59. The quantitative estimate of drug-likeness (QED) is 0.597. The lowest BCUT2D eigenvalue weighted by Gasteiger charge is -2.12. The summed E-state index contributed by atoms with van der Waals surface area (Å²) in [6.45, 7) is 10.3. The first-order valence-corrected chi connectivity index (χ1v) is 8.43. The fourth-order valence-corrected chi connectivity index (χ4v) is 1.95. The molecule has 0 spiro atoms. The average molecular weight is 293 g/mol. The van der Waals surface area contributed by atoms with E-state index in [0.29, 0.717) is 11.8 Å². The smallest absolute Gasteiger partial charge is 0.218 e. The van der Waals surface area contributed by atoms with Gasteiger partial charge >= 0.3 is 0 Å². The van der Waals surface area contributed by atoms with Crippen molar-refractivity contribution in [3.05, 3.63) is 11.9 Å². The molecule has 21 heavy (non-hydrogen) atoms. The van der Waals surface area contributed by atoms with Crippen LogP contribution in [0.3, 0.4) is 0 Å². The molecule has 4 nitrogen and oxygen atoms in total. The Bertz CT molecular complexity index is 394. The second-order valence-corrected chi connectivity index (χ2v) is 5.79. The maximum absolute atomic E-state index is 5.73. The van der Waals surface area contributed by atoms with Gasteiger partial charge in [0.2, 0.25) is 5.88 Å². The molecule has 1 aromatic heterocycles. The van der Waals surface area contributed by atoms with E-state index in [1.807, 2.05) is 6.07 Å². The van der Waals surface area contributed by atoms with Crippen LogP contribution < -0.4 is 10.1 Å². The molecule has 0 fully saturated rings. The molecule has 1 aromatic rings. The van der Waals surface area contributed by atoms with E-state index in [0.717, 1.165) is 37.6 Å². The summed E-state index contributed by atoms with van der Waals surface area (Å²) in [7, 11) is 0. The summed E-state index contributed by atoms with van der Waals surface area (Å²) in [4.78, 5) is 9.07. The molecule has 0 aromatic carbocycles. The maximum atomic E-state index is 5.73. The van der Waals surface area contributed by atoms with Gasteiger partial charge in [-0.3, -0.25) is 0 Å². The van der Waals surface area contributed by atoms with Crippen LogP contribution >= 0.6 is 0 Å². The molecule has 0 atom stereocenters. The van der Waals surface area contributed by atoms with Crippen molar-refractivity contribution in [3.8, 4) is 5.88 Å². The van der Waals surface area contributed by atoms with E-state index in [-0.39, 0.29) is 0 Å². The molecule has 0 saturated carbocycles. The Morgan fingerprint density at radius 1 is 1.05 bits per heavy atom. The van der Waals surface area contributed by atoms with Crippen molar-refractivity contribution >= 4 is 5.82 Å². The van der Waals surface area contributed by atoms with E-state index in [4.69, 9.17) is 4.74 Å². The summed E-state index contributed by atoms with van der Waals surface area (Å²) < 4.78 is 5.73. The van der Waals surface area contributed by atoms with Crippen LogP contribution in [0.1, 0.15) is 78.0 Å². The van der Waals surface area contributed by atoms with E-state index in [9.17, 15) is 0 Å². The van der Waals surface area contributed by atoms with Gasteiger partial charge in [0, 0.05) is 18.5 Å². The number of hydrogen-bond acceptors (Lipinski definition) is 4. The van der Waals surface area contributed by atoms with Crippen LogP contribution in [0.2, 0.25) is 0 Å². The fourth-order valence-electron chi connectivity index (χ4n) is 1.95. The lowest BCUT2D eigenvalue weighted by Crippen LogP contribution is -2.09. The Morgan fingerprint density at radius 3 is 2.48 bits per heavy atom. The van der Waals surface area contributed by atoms with Crippen LogP contribution in [-0.2, 0) is 0 Å². The number of nitrogens with zero attached hydrogens (tertiary/aromatic N) is 2. The van der Waals surface area contributed by atoms with Crippen LogP contribution in [0, 0.1) is 0 Å². The van der Waals surface area contributed by atoms with Gasteiger partial charge in [-0.25, -0.2) is 4.98 Å². The summed E-state index contributed by atoms with van der Waals surface area (Å²) >= 11 is 0. The highest BCUT2D eigenvalue weighted by atomic mass is 16.5. The zero-order valence-electron chi connectivity index (χ0n) is 14.1.